The smallest absolute Gasteiger partial charge is 0.355 e. The molecule has 7 nitrogen and oxygen atoms in total. The summed E-state index contributed by atoms with van der Waals surface area (Å²) in [7, 11) is 1.67. The van der Waals surface area contributed by atoms with Crippen molar-refractivity contribution in [2.75, 3.05) is 20.3 Å². The van der Waals surface area contributed by atoms with Crippen molar-refractivity contribution in [3.05, 3.63) is 44.4 Å². The SMILES string of the molecule is CCOC(=O)c1[nH]c(C)c(C(=O)OCC(=O)N(C)Cc2sccc2C)c1C. The molecule has 0 aliphatic rings. The molecule has 1 N–H and O–H groups in total. The molecule has 0 aliphatic heterocycles. The average Bonchev–Trinajstić information content (AvgIpc) is 3.15. The summed E-state index contributed by atoms with van der Waals surface area (Å²) >= 11 is 1.58. The van der Waals surface area contributed by atoms with Crippen molar-refractivity contribution in [3.63, 3.8) is 0 Å². The van der Waals surface area contributed by atoms with Gasteiger partial charge in [0.15, 0.2) is 6.61 Å². The van der Waals surface area contributed by atoms with E-state index in [0.717, 1.165) is 10.4 Å². The Labute approximate surface area is 162 Å². The van der Waals surface area contributed by atoms with Crippen LogP contribution in [-0.4, -0.2) is 48.0 Å². The number of thiophene rings is 1. The number of nitrogens with zero attached hydrogens (tertiary/aromatic N) is 1. The summed E-state index contributed by atoms with van der Waals surface area (Å²) in [6.07, 6.45) is 0. The molecule has 8 heteroatoms. The minimum Gasteiger partial charge on any atom is -0.461 e. The van der Waals surface area contributed by atoms with Gasteiger partial charge in [-0.15, -0.1) is 11.3 Å². The highest BCUT2D eigenvalue weighted by atomic mass is 32.1. The summed E-state index contributed by atoms with van der Waals surface area (Å²) in [5.41, 5.74) is 2.55. The molecule has 0 spiro atoms. The summed E-state index contributed by atoms with van der Waals surface area (Å²) in [5.74, 6) is -1.47. The Bertz CT molecular complexity index is 852. The van der Waals surface area contributed by atoms with Gasteiger partial charge in [0.25, 0.3) is 5.91 Å². The van der Waals surface area contributed by atoms with Crippen molar-refractivity contribution < 1.29 is 23.9 Å². The fourth-order valence-electron chi connectivity index (χ4n) is 2.64. The van der Waals surface area contributed by atoms with Gasteiger partial charge in [-0.1, -0.05) is 0 Å². The van der Waals surface area contributed by atoms with E-state index in [4.69, 9.17) is 9.47 Å². The molecule has 0 bridgehead atoms. The van der Waals surface area contributed by atoms with Crippen LogP contribution in [0.4, 0.5) is 0 Å². The van der Waals surface area contributed by atoms with E-state index in [2.05, 4.69) is 4.98 Å². The van der Waals surface area contributed by atoms with E-state index in [1.807, 2.05) is 18.4 Å². The fraction of sp³-hybridized carbons (Fsp3) is 0.421. The molecule has 0 aromatic carbocycles. The lowest BCUT2D eigenvalue weighted by atomic mass is 10.1. The molecular formula is C19H24N2O5S. The number of esters is 2. The number of H-pyrrole nitrogens is 1. The zero-order chi connectivity index (χ0) is 20.1. The Morgan fingerprint density at radius 2 is 1.85 bits per heavy atom. The summed E-state index contributed by atoms with van der Waals surface area (Å²) in [4.78, 5) is 42.1. The Morgan fingerprint density at radius 1 is 1.15 bits per heavy atom. The predicted octanol–water partition coefficient (Wildman–Crippen LogP) is 2.99. The second kappa shape index (κ2) is 8.85. The minimum atomic E-state index is -0.647. The summed E-state index contributed by atoms with van der Waals surface area (Å²) in [6, 6.07) is 2.00. The number of hydrogen-bond acceptors (Lipinski definition) is 6. The Kier molecular flexibility index (Phi) is 6.79. The number of nitrogens with one attached hydrogen (secondary N) is 1. The van der Waals surface area contributed by atoms with Crippen molar-refractivity contribution >= 4 is 29.2 Å². The van der Waals surface area contributed by atoms with Crippen LogP contribution in [0.1, 0.15) is 49.5 Å². The van der Waals surface area contributed by atoms with E-state index in [0.29, 0.717) is 17.8 Å². The van der Waals surface area contributed by atoms with Crippen LogP contribution in [0.3, 0.4) is 0 Å². The molecule has 27 heavy (non-hydrogen) atoms. The fourth-order valence-corrected chi connectivity index (χ4v) is 3.60. The first kappa shape index (κ1) is 20.7. The number of aryl methyl sites for hydroxylation is 2. The van der Waals surface area contributed by atoms with Gasteiger partial charge in [-0.25, -0.2) is 9.59 Å². The summed E-state index contributed by atoms with van der Waals surface area (Å²) in [5, 5.41) is 1.97. The molecule has 146 valence electrons. The van der Waals surface area contributed by atoms with Crippen LogP contribution in [-0.2, 0) is 20.8 Å². The molecule has 0 aliphatic carbocycles. The van der Waals surface area contributed by atoms with E-state index in [9.17, 15) is 14.4 Å². The standard InChI is InChI=1S/C19H24N2O5S/c1-6-25-19(24)17-12(3)16(13(4)20-17)18(23)26-10-15(22)21(5)9-14-11(2)7-8-27-14/h7-8,20H,6,9-10H2,1-5H3. The average molecular weight is 392 g/mol. The zero-order valence-corrected chi connectivity index (χ0v) is 17.0. The highest BCUT2D eigenvalue weighted by Gasteiger charge is 2.24. The molecule has 0 saturated carbocycles. The predicted molar refractivity (Wildman–Crippen MR) is 102 cm³/mol. The van der Waals surface area contributed by atoms with E-state index >= 15 is 0 Å². The van der Waals surface area contributed by atoms with Gasteiger partial charge in [0.05, 0.1) is 18.7 Å². The van der Waals surface area contributed by atoms with Gasteiger partial charge in [0.1, 0.15) is 5.69 Å². The van der Waals surface area contributed by atoms with Gasteiger partial charge >= 0.3 is 11.9 Å². The number of carbonyl (C=O) groups is 3. The lowest BCUT2D eigenvalue weighted by Gasteiger charge is -2.17. The number of amides is 1. The summed E-state index contributed by atoms with van der Waals surface area (Å²) in [6.45, 7) is 7.34. The Balaban J connectivity index is 2.00. The molecule has 0 fully saturated rings. The van der Waals surface area contributed by atoms with Gasteiger partial charge in [-0.2, -0.15) is 0 Å². The van der Waals surface area contributed by atoms with E-state index in [-0.39, 0.29) is 30.4 Å². The number of carbonyl (C=O) groups excluding carboxylic acids is 3. The van der Waals surface area contributed by atoms with Crippen molar-refractivity contribution in [2.24, 2.45) is 0 Å². The number of ether oxygens (including phenoxy) is 2. The van der Waals surface area contributed by atoms with Crippen molar-refractivity contribution in [1.82, 2.24) is 9.88 Å². The lowest BCUT2D eigenvalue weighted by molar-refractivity contribution is -0.133. The molecule has 2 aromatic heterocycles. The van der Waals surface area contributed by atoms with Gasteiger partial charge < -0.3 is 19.4 Å². The maximum atomic E-state index is 12.4. The third-order valence-electron chi connectivity index (χ3n) is 4.22. The molecule has 0 atom stereocenters. The second-order valence-corrected chi connectivity index (χ2v) is 7.20. The highest BCUT2D eigenvalue weighted by molar-refractivity contribution is 7.10. The topological polar surface area (TPSA) is 88.7 Å². The number of rotatable bonds is 7. The largest absolute Gasteiger partial charge is 0.461 e. The monoisotopic (exact) mass is 392 g/mol. The van der Waals surface area contributed by atoms with Crippen LogP contribution in [0.25, 0.3) is 0 Å². The first-order valence-electron chi connectivity index (χ1n) is 8.56. The quantitative estimate of drug-likeness (QED) is 0.732. The van der Waals surface area contributed by atoms with Crippen molar-refractivity contribution in [1.29, 1.82) is 0 Å². The minimum absolute atomic E-state index is 0.220. The van der Waals surface area contributed by atoms with Crippen LogP contribution in [0.2, 0.25) is 0 Å². The van der Waals surface area contributed by atoms with Crippen molar-refractivity contribution in [2.45, 2.75) is 34.2 Å². The molecule has 0 saturated heterocycles. The molecular weight excluding hydrogens is 368 g/mol. The number of aromatic amines is 1. The molecule has 2 aromatic rings. The third-order valence-corrected chi connectivity index (χ3v) is 5.23. The van der Waals surface area contributed by atoms with Crippen LogP contribution in [0, 0.1) is 20.8 Å². The van der Waals surface area contributed by atoms with E-state index < -0.39 is 11.9 Å². The first-order chi connectivity index (χ1) is 12.8. The van der Waals surface area contributed by atoms with Crippen molar-refractivity contribution in [3.8, 4) is 0 Å². The first-order valence-corrected chi connectivity index (χ1v) is 9.44. The van der Waals surface area contributed by atoms with Gasteiger partial charge in [-0.05, 0) is 50.3 Å². The number of hydrogen-bond donors (Lipinski definition) is 1. The number of aromatic nitrogens is 1. The lowest BCUT2D eigenvalue weighted by Crippen LogP contribution is -2.30. The van der Waals surface area contributed by atoms with Gasteiger partial charge in [0, 0.05) is 17.6 Å². The Morgan fingerprint density at radius 3 is 2.44 bits per heavy atom. The highest BCUT2D eigenvalue weighted by Crippen LogP contribution is 2.20. The zero-order valence-electron chi connectivity index (χ0n) is 16.2. The maximum absolute atomic E-state index is 12.4. The van der Waals surface area contributed by atoms with Gasteiger partial charge in [0.2, 0.25) is 0 Å². The van der Waals surface area contributed by atoms with Crippen LogP contribution < -0.4 is 0 Å². The maximum Gasteiger partial charge on any atom is 0.355 e. The molecule has 0 unspecified atom stereocenters. The van der Waals surface area contributed by atoms with E-state index in [1.165, 1.54) is 4.90 Å². The van der Waals surface area contributed by atoms with Gasteiger partial charge in [-0.3, -0.25) is 4.79 Å². The van der Waals surface area contributed by atoms with E-state index in [1.54, 1.807) is 39.2 Å². The molecule has 0 radical (unpaired) electrons. The normalized spacial score (nSPS) is 10.6. The van der Waals surface area contributed by atoms with Crippen LogP contribution >= 0.6 is 11.3 Å². The second-order valence-electron chi connectivity index (χ2n) is 6.20. The molecule has 2 heterocycles. The summed E-state index contributed by atoms with van der Waals surface area (Å²) < 4.78 is 10.1. The van der Waals surface area contributed by atoms with Crippen LogP contribution in [0.15, 0.2) is 11.4 Å². The molecule has 1 amide bonds. The Hall–Kier alpha value is -2.61. The molecule has 2 rings (SSSR count). The third kappa shape index (κ3) is 4.77. The number of likely N-dealkylation sites (N-methyl/N-ethyl adjacent to an activating group) is 1. The van der Waals surface area contributed by atoms with Crippen LogP contribution in [0.5, 0.6) is 0 Å².